The second-order valence-corrected chi connectivity index (χ2v) is 3.55. The summed E-state index contributed by atoms with van der Waals surface area (Å²) in [6.45, 7) is 0. The fraction of sp³-hybridized carbons (Fsp3) is 0.111. The number of amides is 1. The van der Waals surface area contributed by atoms with Crippen molar-refractivity contribution in [2.45, 2.75) is 11.3 Å². The molecule has 0 saturated carbocycles. The maximum atomic E-state index is 10.7. The zero-order chi connectivity index (χ0) is 9.26. The van der Waals surface area contributed by atoms with Crippen LogP contribution in [0.2, 0.25) is 0 Å². The molecule has 1 aromatic rings. The molecule has 0 aromatic heterocycles. The minimum absolute atomic E-state index is 0.337. The van der Waals surface area contributed by atoms with Crippen LogP contribution < -0.4 is 5.73 Å². The van der Waals surface area contributed by atoms with Gasteiger partial charge in [-0.15, -0.1) is 0 Å². The van der Waals surface area contributed by atoms with Crippen molar-refractivity contribution in [1.29, 1.82) is 0 Å². The van der Waals surface area contributed by atoms with E-state index in [1.807, 2.05) is 24.3 Å². The Bertz CT molecular complexity index is 387. The Kier molecular flexibility index (Phi) is 2.06. The molecule has 1 aliphatic heterocycles. The van der Waals surface area contributed by atoms with Crippen molar-refractivity contribution in [3.8, 4) is 0 Å². The van der Waals surface area contributed by atoms with Crippen molar-refractivity contribution in [2.75, 3.05) is 0 Å². The Balaban J connectivity index is 2.33. The first kappa shape index (κ1) is 8.31. The number of benzene rings is 1. The lowest BCUT2D eigenvalue weighted by Gasteiger charge is -2.11. The molecule has 1 amide bonds. The van der Waals surface area contributed by atoms with Gasteiger partial charge >= 0.3 is 0 Å². The van der Waals surface area contributed by atoms with Crippen LogP contribution in [-0.4, -0.2) is 11.6 Å². The van der Waals surface area contributed by atoms with Crippen LogP contribution in [0.25, 0.3) is 0 Å². The Labute approximate surface area is 80.2 Å². The van der Waals surface area contributed by atoms with E-state index in [-0.39, 0.29) is 0 Å². The molecule has 0 bridgehead atoms. The quantitative estimate of drug-likeness (QED) is 0.631. The summed E-state index contributed by atoms with van der Waals surface area (Å²) in [7, 11) is 0. The average Bonchev–Trinajstić information content (AvgIpc) is 2.17. The van der Waals surface area contributed by atoms with Gasteiger partial charge in [-0.25, -0.2) is 4.40 Å². The highest BCUT2D eigenvalue weighted by Crippen LogP contribution is 2.28. The van der Waals surface area contributed by atoms with Gasteiger partial charge in [-0.05, 0) is 11.6 Å². The van der Waals surface area contributed by atoms with Crippen molar-refractivity contribution in [2.24, 2.45) is 4.40 Å². The molecule has 1 heterocycles. The number of carbonyl (C=O) groups is 1. The van der Waals surface area contributed by atoms with E-state index in [9.17, 15) is 4.79 Å². The van der Waals surface area contributed by atoms with Gasteiger partial charge in [-0.1, -0.05) is 18.2 Å². The SMILES string of the molecule is [NH]C(=O)C1=NSc2ccccc2C1. The number of hydrogen-bond donors (Lipinski definition) is 0. The van der Waals surface area contributed by atoms with Crippen LogP contribution in [0.4, 0.5) is 0 Å². The normalized spacial score (nSPS) is 14.6. The van der Waals surface area contributed by atoms with Crippen molar-refractivity contribution in [1.82, 2.24) is 5.73 Å². The van der Waals surface area contributed by atoms with E-state index in [0.717, 1.165) is 10.5 Å². The standard InChI is InChI=1S/C9H7N2OS/c10-9(12)7-5-6-3-1-2-4-8(6)13-11-7/h1-4,10H,5H2. The summed E-state index contributed by atoms with van der Waals surface area (Å²) in [5, 5.41) is 0. The summed E-state index contributed by atoms with van der Waals surface area (Å²) in [6, 6.07) is 7.79. The molecule has 0 atom stereocenters. The van der Waals surface area contributed by atoms with Crippen molar-refractivity contribution in [3.05, 3.63) is 29.8 Å². The summed E-state index contributed by atoms with van der Waals surface area (Å²) in [5.74, 6) is -0.679. The van der Waals surface area contributed by atoms with Gasteiger partial charge in [0.2, 0.25) is 0 Å². The van der Waals surface area contributed by atoms with Gasteiger partial charge in [-0.3, -0.25) is 10.5 Å². The Hall–Kier alpha value is -1.29. The molecule has 1 N–H and O–H groups in total. The molecule has 0 spiro atoms. The molecule has 65 valence electrons. The average molecular weight is 191 g/mol. The Morgan fingerprint density at radius 2 is 2.23 bits per heavy atom. The number of hydrogen-bond acceptors (Lipinski definition) is 3. The summed E-state index contributed by atoms with van der Waals surface area (Å²) >= 11 is 1.27. The van der Waals surface area contributed by atoms with E-state index in [4.69, 9.17) is 5.73 Å². The zero-order valence-corrected chi connectivity index (χ0v) is 7.60. The molecular weight excluding hydrogens is 184 g/mol. The van der Waals surface area contributed by atoms with E-state index in [1.54, 1.807) is 0 Å². The number of nitrogens with zero attached hydrogens (tertiary/aromatic N) is 1. The van der Waals surface area contributed by atoms with Crippen LogP contribution in [0.3, 0.4) is 0 Å². The van der Waals surface area contributed by atoms with Crippen LogP contribution in [0.15, 0.2) is 33.6 Å². The number of carbonyl (C=O) groups excluding carboxylic acids is 1. The van der Waals surface area contributed by atoms with Crippen LogP contribution in [0.5, 0.6) is 0 Å². The van der Waals surface area contributed by atoms with Crippen LogP contribution >= 0.6 is 11.9 Å². The van der Waals surface area contributed by atoms with Crippen molar-refractivity contribution < 1.29 is 4.79 Å². The van der Waals surface area contributed by atoms with Crippen molar-refractivity contribution in [3.63, 3.8) is 0 Å². The summed E-state index contributed by atoms with van der Waals surface area (Å²) < 4.78 is 3.97. The molecule has 0 aliphatic carbocycles. The van der Waals surface area contributed by atoms with Gasteiger partial charge < -0.3 is 0 Å². The largest absolute Gasteiger partial charge is 0.285 e. The predicted octanol–water partition coefficient (Wildman–Crippen LogP) is 1.50. The van der Waals surface area contributed by atoms with E-state index in [2.05, 4.69) is 4.40 Å². The van der Waals surface area contributed by atoms with Gasteiger partial charge in [0.25, 0.3) is 5.91 Å². The van der Waals surface area contributed by atoms with E-state index in [0.29, 0.717) is 12.1 Å². The Morgan fingerprint density at radius 3 is 3.00 bits per heavy atom. The number of rotatable bonds is 1. The third-order valence-corrected chi connectivity index (χ3v) is 2.75. The first-order valence-corrected chi connectivity index (χ1v) is 4.62. The van der Waals surface area contributed by atoms with Crippen LogP contribution in [-0.2, 0) is 11.2 Å². The van der Waals surface area contributed by atoms with Gasteiger partial charge in [0.15, 0.2) is 0 Å². The minimum atomic E-state index is -0.679. The van der Waals surface area contributed by atoms with Crippen molar-refractivity contribution >= 4 is 23.6 Å². The highest BCUT2D eigenvalue weighted by atomic mass is 32.2. The third-order valence-electron chi connectivity index (χ3n) is 1.85. The maximum Gasteiger partial charge on any atom is 0.285 e. The molecule has 1 aromatic carbocycles. The lowest BCUT2D eigenvalue weighted by molar-refractivity contribution is -0.112. The first-order valence-electron chi connectivity index (χ1n) is 3.85. The molecule has 2 rings (SSSR count). The second kappa shape index (κ2) is 3.22. The van der Waals surface area contributed by atoms with Crippen LogP contribution in [0, 0.1) is 0 Å². The zero-order valence-electron chi connectivity index (χ0n) is 6.78. The number of nitrogens with one attached hydrogen (secondary N) is 1. The monoisotopic (exact) mass is 191 g/mol. The van der Waals surface area contributed by atoms with Gasteiger partial charge in [0, 0.05) is 23.3 Å². The smallest absolute Gasteiger partial charge is 0.266 e. The third kappa shape index (κ3) is 1.58. The highest BCUT2D eigenvalue weighted by Gasteiger charge is 2.16. The molecule has 0 unspecified atom stereocenters. The molecule has 1 aliphatic rings. The van der Waals surface area contributed by atoms with Gasteiger partial charge in [0.1, 0.15) is 5.71 Å². The Morgan fingerprint density at radius 1 is 1.46 bits per heavy atom. The van der Waals surface area contributed by atoms with Gasteiger partial charge in [-0.2, -0.15) is 0 Å². The molecule has 3 nitrogen and oxygen atoms in total. The molecule has 13 heavy (non-hydrogen) atoms. The van der Waals surface area contributed by atoms with Gasteiger partial charge in [0.05, 0.1) is 0 Å². The topological polar surface area (TPSA) is 53.2 Å². The summed E-state index contributed by atoms with van der Waals surface area (Å²) in [5.41, 5.74) is 8.35. The maximum absolute atomic E-state index is 10.7. The molecular formula is C9H7N2OS. The fourth-order valence-corrected chi connectivity index (χ4v) is 1.93. The molecule has 0 saturated heterocycles. The van der Waals surface area contributed by atoms with E-state index < -0.39 is 5.91 Å². The molecule has 4 heteroatoms. The van der Waals surface area contributed by atoms with E-state index in [1.165, 1.54) is 11.9 Å². The van der Waals surface area contributed by atoms with Crippen LogP contribution in [0.1, 0.15) is 5.56 Å². The summed E-state index contributed by atoms with van der Waals surface area (Å²) in [6.07, 6.45) is 0.492. The fourth-order valence-electron chi connectivity index (χ4n) is 1.18. The lowest BCUT2D eigenvalue weighted by Crippen LogP contribution is -2.19. The second-order valence-electron chi connectivity index (χ2n) is 2.74. The molecule has 1 radical (unpaired) electrons. The lowest BCUT2D eigenvalue weighted by atomic mass is 10.1. The molecule has 0 fully saturated rings. The minimum Gasteiger partial charge on any atom is -0.266 e. The predicted molar refractivity (Wildman–Crippen MR) is 51.5 cm³/mol. The first-order chi connectivity index (χ1) is 6.27. The van der Waals surface area contributed by atoms with E-state index >= 15 is 0 Å². The highest BCUT2D eigenvalue weighted by molar-refractivity contribution is 7.98. The number of fused-ring (bicyclic) bond motifs is 1. The summed E-state index contributed by atoms with van der Waals surface area (Å²) in [4.78, 5) is 11.8.